The minimum atomic E-state index is -0.441. The van der Waals surface area contributed by atoms with Crippen molar-refractivity contribution >= 4 is 28.6 Å². The highest BCUT2D eigenvalue weighted by Crippen LogP contribution is 2.36. The lowest BCUT2D eigenvalue weighted by Crippen LogP contribution is -2.35. The van der Waals surface area contributed by atoms with E-state index in [4.69, 9.17) is 0 Å². The highest BCUT2D eigenvalue weighted by atomic mass is 32.1. The predicted octanol–water partition coefficient (Wildman–Crippen LogP) is 3.56. The number of fused-ring (bicyclic) bond motifs is 1. The molecule has 21 heavy (non-hydrogen) atoms. The number of thiophene rings is 1. The van der Waals surface area contributed by atoms with E-state index >= 15 is 0 Å². The van der Waals surface area contributed by atoms with Gasteiger partial charge in [0.15, 0.2) is 0 Å². The Kier molecular flexibility index (Phi) is 3.25. The van der Waals surface area contributed by atoms with Gasteiger partial charge in [-0.2, -0.15) is 0 Å². The van der Waals surface area contributed by atoms with Crippen molar-refractivity contribution in [2.75, 3.05) is 4.90 Å². The summed E-state index contributed by atoms with van der Waals surface area (Å²) in [4.78, 5) is 25.9. The van der Waals surface area contributed by atoms with Crippen LogP contribution in [0.2, 0.25) is 0 Å². The van der Waals surface area contributed by atoms with Crippen LogP contribution in [0.4, 0.5) is 11.4 Å². The molecule has 2 heterocycles. The van der Waals surface area contributed by atoms with Crippen molar-refractivity contribution in [1.29, 1.82) is 0 Å². The molecule has 1 aromatic heterocycles. The summed E-state index contributed by atoms with van der Waals surface area (Å²) in [7, 11) is 0. The van der Waals surface area contributed by atoms with Crippen LogP contribution in [-0.2, 0) is 6.42 Å². The van der Waals surface area contributed by atoms with Gasteiger partial charge in [-0.3, -0.25) is 14.9 Å². The molecule has 3 rings (SSSR count). The van der Waals surface area contributed by atoms with Crippen LogP contribution in [0, 0.1) is 17.0 Å². The second-order valence-electron chi connectivity index (χ2n) is 5.17. The van der Waals surface area contributed by atoms with Crippen molar-refractivity contribution in [3.05, 3.63) is 55.8 Å². The first-order valence-electron chi connectivity index (χ1n) is 6.65. The fraction of sp³-hybridized carbons (Fsp3) is 0.267. The standard InChI is InChI=1S/C15H14N2O3S/c1-9-7-11-5-3-4-6-12(11)16(9)15(18)14-8-13(17(19)20)10(2)21-14/h3-6,8-9H,7H2,1-2H3. The van der Waals surface area contributed by atoms with Crippen molar-refractivity contribution in [3.63, 3.8) is 0 Å². The number of carbonyl (C=O) groups excluding carboxylic acids is 1. The SMILES string of the molecule is Cc1sc(C(=O)N2c3ccccc3CC2C)cc1[N+](=O)[O-]. The monoisotopic (exact) mass is 302 g/mol. The van der Waals surface area contributed by atoms with E-state index in [1.165, 1.54) is 17.4 Å². The van der Waals surface area contributed by atoms with Crippen LogP contribution in [0.1, 0.15) is 27.0 Å². The second kappa shape index (κ2) is 4.96. The lowest BCUT2D eigenvalue weighted by atomic mass is 10.1. The fourth-order valence-corrected chi connectivity index (χ4v) is 3.68. The Morgan fingerprint density at radius 3 is 2.81 bits per heavy atom. The van der Waals surface area contributed by atoms with E-state index in [1.54, 1.807) is 11.8 Å². The van der Waals surface area contributed by atoms with Gasteiger partial charge in [0.2, 0.25) is 0 Å². The summed E-state index contributed by atoms with van der Waals surface area (Å²) < 4.78 is 0. The van der Waals surface area contributed by atoms with Crippen LogP contribution in [0.5, 0.6) is 0 Å². The average molecular weight is 302 g/mol. The number of benzene rings is 1. The number of hydrogen-bond donors (Lipinski definition) is 0. The molecule has 1 aliphatic rings. The number of anilines is 1. The molecule has 1 unspecified atom stereocenters. The van der Waals surface area contributed by atoms with Gasteiger partial charge in [0.05, 0.1) is 14.7 Å². The van der Waals surface area contributed by atoms with Gasteiger partial charge in [0.25, 0.3) is 11.6 Å². The first-order chi connectivity index (χ1) is 9.99. The van der Waals surface area contributed by atoms with Crippen molar-refractivity contribution < 1.29 is 9.72 Å². The zero-order valence-electron chi connectivity index (χ0n) is 11.7. The van der Waals surface area contributed by atoms with Crippen molar-refractivity contribution in [2.24, 2.45) is 0 Å². The summed E-state index contributed by atoms with van der Waals surface area (Å²) in [5, 5.41) is 10.9. The number of nitro groups is 1. The lowest BCUT2D eigenvalue weighted by molar-refractivity contribution is -0.385. The molecule has 2 aromatic rings. The molecule has 0 N–H and O–H groups in total. The molecule has 0 bridgehead atoms. The third-order valence-corrected chi connectivity index (χ3v) is 4.75. The van der Waals surface area contributed by atoms with Gasteiger partial charge in [-0.05, 0) is 31.9 Å². The molecule has 6 heteroatoms. The molecule has 0 spiro atoms. The maximum absolute atomic E-state index is 12.7. The largest absolute Gasteiger partial charge is 0.304 e. The molecule has 1 aliphatic heterocycles. The quantitative estimate of drug-likeness (QED) is 0.629. The van der Waals surface area contributed by atoms with E-state index in [2.05, 4.69) is 0 Å². The smallest absolute Gasteiger partial charge is 0.283 e. The van der Waals surface area contributed by atoms with Crippen molar-refractivity contribution in [2.45, 2.75) is 26.3 Å². The summed E-state index contributed by atoms with van der Waals surface area (Å²) >= 11 is 1.18. The molecule has 0 aliphatic carbocycles. The molecule has 5 nitrogen and oxygen atoms in total. The first-order valence-corrected chi connectivity index (χ1v) is 7.47. The van der Waals surface area contributed by atoms with Crippen LogP contribution in [0.3, 0.4) is 0 Å². The minimum absolute atomic E-state index is 0.0171. The second-order valence-corrected chi connectivity index (χ2v) is 6.42. The third kappa shape index (κ3) is 2.21. The predicted molar refractivity (Wildman–Crippen MR) is 82.1 cm³/mol. The fourth-order valence-electron chi connectivity index (χ4n) is 2.75. The normalized spacial score (nSPS) is 16.9. The maximum atomic E-state index is 12.7. The minimum Gasteiger partial charge on any atom is -0.304 e. The van der Waals surface area contributed by atoms with Crippen LogP contribution in [-0.4, -0.2) is 16.9 Å². The van der Waals surface area contributed by atoms with Gasteiger partial charge in [0.1, 0.15) is 0 Å². The van der Waals surface area contributed by atoms with E-state index in [0.717, 1.165) is 17.7 Å². The average Bonchev–Trinajstić information content (AvgIpc) is 2.97. The van der Waals surface area contributed by atoms with E-state index in [0.29, 0.717) is 9.75 Å². The summed E-state index contributed by atoms with van der Waals surface area (Å²) in [6.07, 6.45) is 0.814. The molecule has 0 saturated carbocycles. The summed E-state index contributed by atoms with van der Waals surface area (Å²) in [6.45, 7) is 3.66. The van der Waals surface area contributed by atoms with Crippen molar-refractivity contribution in [1.82, 2.24) is 0 Å². The zero-order valence-corrected chi connectivity index (χ0v) is 12.5. The van der Waals surface area contributed by atoms with Gasteiger partial charge >= 0.3 is 0 Å². The molecule has 108 valence electrons. The Bertz CT molecular complexity index is 738. The highest BCUT2D eigenvalue weighted by molar-refractivity contribution is 7.14. The first kappa shape index (κ1) is 13.8. The molecule has 1 aromatic carbocycles. The van der Waals surface area contributed by atoms with E-state index < -0.39 is 4.92 Å². The van der Waals surface area contributed by atoms with Crippen molar-refractivity contribution in [3.8, 4) is 0 Å². The summed E-state index contributed by atoms with van der Waals surface area (Å²) in [6, 6.07) is 9.25. The van der Waals surface area contributed by atoms with E-state index in [-0.39, 0.29) is 17.6 Å². The van der Waals surface area contributed by atoms with Crippen LogP contribution in [0.25, 0.3) is 0 Å². The van der Waals surface area contributed by atoms with Gasteiger partial charge in [-0.1, -0.05) is 18.2 Å². The highest BCUT2D eigenvalue weighted by Gasteiger charge is 2.33. The van der Waals surface area contributed by atoms with Crippen LogP contribution in [0.15, 0.2) is 30.3 Å². The molecular formula is C15H14N2O3S. The molecular weight excluding hydrogens is 288 g/mol. The Balaban J connectivity index is 1.99. The van der Waals surface area contributed by atoms with Crippen LogP contribution >= 0.6 is 11.3 Å². The molecule has 0 fully saturated rings. The molecule has 1 atom stereocenters. The molecule has 0 radical (unpaired) electrons. The Labute approximate surface area is 126 Å². The van der Waals surface area contributed by atoms with E-state index in [1.807, 2.05) is 31.2 Å². The number of carbonyl (C=O) groups is 1. The Morgan fingerprint density at radius 1 is 1.43 bits per heavy atom. The topological polar surface area (TPSA) is 63.5 Å². The number of nitrogens with zero attached hydrogens (tertiary/aromatic N) is 2. The van der Waals surface area contributed by atoms with E-state index in [9.17, 15) is 14.9 Å². The third-order valence-electron chi connectivity index (χ3n) is 3.73. The number of para-hydroxylation sites is 1. The number of hydrogen-bond acceptors (Lipinski definition) is 4. The van der Waals surface area contributed by atoms with Gasteiger partial charge in [0, 0.05) is 17.8 Å². The number of amides is 1. The van der Waals surface area contributed by atoms with Gasteiger partial charge in [-0.15, -0.1) is 11.3 Å². The molecule has 0 saturated heterocycles. The number of rotatable bonds is 2. The maximum Gasteiger partial charge on any atom is 0.283 e. The summed E-state index contributed by atoms with van der Waals surface area (Å²) in [5.41, 5.74) is 2.06. The van der Waals surface area contributed by atoms with Gasteiger partial charge < -0.3 is 4.90 Å². The summed E-state index contributed by atoms with van der Waals surface area (Å²) in [5.74, 6) is -0.159. The molecule has 1 amide bonds. The Morgan fingerprint density at radius 2 is 2.14 bits per heavy atom. The van der Waals surface area contributed by atoms with Gasteiger partial charge in [-0.25, -0.2) is 0 Å². The zero-order chi connectivity index (χ0) is 15.1. The van der Waals surface area contributed by atoms with Crippen LogP contribution < -0.4 is 4.90 Å². The number of aryl methyl sites for hydroxylation is 1. The lowest BCUT2D eigenvalue weighted by Gasteiger charge is -2.21. The Hall–Kier alpha value is -2.21.